The summed E-state index contributed by atoms with van der Waals surface area (Å²) in [6.07, 6.45) is 9.43. The molecule has 8 heteroatoms. The van der Waals surface area contributed by atoms with Crippen LogP contribution in [0.4, 0.5) is 0 Å². The van der Waals surface area contributed by atoms with E-state index < -0.39 is 12.1 Å². The minimum atomic E-state index is -0.462. The zero-order chi connectivity index (χ0) is 19.6. The highest BCUT2D eigenvalue weighted by Gasteiger charge is 2.22. The lowest BCUT2D eigenvalue weighted by molar-refractivity contribution is -0.0171. The number of rotatable bonds is 8. The van der Waals surface area contributed by atoms with E-state index in [0.29, 0.717) is 17.7 Å². The zero-order valence-corrected chi connectivity index (χ0v) is 15.7. The molecule has 0 amide bonds. The van der Waals surface area contributed by atoms with Crippen molar-refractivity contribution in [2.75, 3.05) is 26.2 Å². The maximum Gasteiger partial charge on any atom is 0.340 e. The average molecular weight is 383 g/mol. The van der Waals surface area contributed by atoms with Gasteiger partial charge in [0.05, 0.1) is 5.56 Å². The van der Waals surface area contributed by atoms with Gasteiger partial charge in [0.25, 0.3) is 0 Å². The molecule has 0 spiro atoms. The first-order chi connectivity index (χ1) is 13.7. The van der Waals surface area contributed by atoms with Crippen molar-refractivity contribution in [3.63, 3.8) is 0 Å². The SMILES string of the molecule is NC(=NOCC(CN1CCCCC1)OC(=O)c1cccnc1)c1cccnc1. The number of nitrogens with zero attached hydrogens (tertiary/aromatic N) is 4. The molecular weight excluding hydrogens is 358 g/mol. The number of piperidine rings is 1. The Morgan fingerprint density at radius 1 is 1.11 bits per heavy atom. The standard InChI is InChI=1S/C20H25N5O3/c21-19(16-6-4-8-22-12-16)24-27-15-18(14-25-10-2-1-3-11-25)28-20(26)17-7-5-9-23-13-17/h4-9,12-13,18H,1-3,10-11,14-15H2,(H2,21,24). The number of amidine groups is 1. The number of ether oxygens (including phenoxy) is 1. The molecule has 1 saturated heterocycles. The summed E-state index contributed by atoms with van der Waals surface area (Å²) in [5.41, 5.74) is 6.99. The van der Waals surface area contributed by atoms with Crippen LogP contribution in [0.3, 0.4) is 0 Å². The van der Waals surface area contributed by atoms with Crippen LogP contribution in [-0.4, -0.2) is 59.0 Å². The normalized spacial score (nSPS) is 16.4. The number of hydrogen-bond acceptors (Lipinski definition) is 7. The molecule has 8 nitrogen and oxygen atoms in total. The van der Waals surface area contributed by atoms with Crippen LogP contribution < -0.4 is 5.73 Å². The Morgan fingerprint density at radius 2 is 1.79 bits per heavy atom. The van der Waals surface area contributed by atoms with Gasteiger partial charge in [0, 0.05) is 36.9 Å². The van der Waals surface area contributed by atoms with Gasteiger partial charge in [0.1, 0.15) is 0 Å². The third kappa shape index (κ3) is 6.02. The van der Waals surface area contributed by atoms with Gasteiger partial charge in [-0.15, -0.1) is 0 Å². The fourth-order valence-corrected chi connectivity index (χ4v) is 3.01. The van der Waals surface area contributed by atoms with Gasteiger partial charge in [-0.1, -0.05) is 11.6 Å². The van der Waals surface area contributed by atoms with E-state index in [0.717, 1.165) is 25.9 Å². The van der Waals surface area contributed by atoms with Crippen LogP contribution >= 0.6 is 0 Å². The van der Waals surface area contributed by atoms with E-state index >= 15 is 0 Å². The van der Waals surface area contributed by atoms with E-state index in [1.165, 1.54) is 12.6 Å². The Kier molecular flexibility index (Phi) is 7.31. The zero-order valence-electron chi connectivity index (χ0n) is 15.7. The molecule has 1 fully saturated rings. The van der Waals surface area contributed by atoms with Crippen LogP contribution in [0.5, 0.6) is 0 Å². The molecule has 28 heavy (non-hydrogen) atoms. The average Bonchev–Trinajstić information content (AvgIpc) is 2.75. The summed E-state index contributed by atoms with van der Waals surface area (Å²) in [5.74, 6) is -0.202. The first-order valence-corrected chi connectivity index (χ1v) is 9.41. The molecule has 1 aliphatic rings. The Morgan fingerprint density at radius 3 is 2.43 bits per heavy atom. The molecule has 1 aliphatic heterocycles. The van der Waals surface area contributed by atoms with Crippen molar-refractivity contribution in [1.82, 2.24) is 14.9 Å². The summed E-state index contributed by atoms with van der Waals surface area (Å²) in [7, 11) is 0. The van der Waals surface area contributed by atoms with E-state index in [1.54, 1.807) is 42.9 Å². The van der Waals surface area contributed by atoms with Gasteiger partial charge in [-0.2, -0.15) is 0 Å². The Bertz CT molecular complexity index is 764. The van der Waals surface area contributed by atoms with Crippen molar-refractivity contribution in [3.8, 4) is 0 Å². The van der Waals surface area contributed by atoms with Gasteiger partial charge >= 0.3 is 5.97 Å². The second-order valence-corrected chi connectivity index (χ2v) is 6.64. The van der Waals surface area contributed by atoms with E-state index in [1.807, 2.05) is 0 Å². The molecule has 2 aromatic rings. The molecule has 0 bridgehead atoms. The molecule has 1 unspecified atom stereocenters. The fourth-order valence-electron chi connectivity index (χ4n) is 3.01. The van der Waals surface area contributed by atoms with E-state index in [4.69, 9.17) is 15.3 Å². The molecule has 0 aliphatic carbocycles. The summed E-state index contributed by atoms with van der Waals surface area (Å²) >= 11 is 0. The third-order valence-electron chi connectivity index (χ3n) is 4.46. The molecular formula is C20H25N5O3. The van der Waals surface area contributed by atoms with Crippen LogP contribution in [-0.2, 0) is 9.57 Å². The van der Waals surface area contributed by atoms with Crippen LogP contribution in [0.15, 0.2) is 54.2 Å². The summed E-state index contributed by atoms with van der Waals surface area (Å²) in [6, 6.07) is 6.94. The highest BCUT2D eigenvalue weighted by molar-refractivity contribution is 5.96. The third-order valence-corrected chi connectivity index (χ3v) is 4.46. The molecule has 2 N–H and O–H groups in total. The quantitative estimate of drug-likeness (QED) is 0.321. The monoisotopic (exact) mass is 383 g/mol. The predicted octanol–water partition coefficient (Wildman–Crippen LogP) is 1.82. The summed E-state index contributed by atoms with van der Waals surface area (Å²) in [4.78, 5) is 28.1. The number of oxime groups is 1. The molecule has 3 rings (SSSR count). The number of pyridine rings is 2. The molecule has 0 radical (unpaired) electrons. The van der Waals surface area contributed by atoms with Crippen molar-refractivity contribution in [2.24, 2.45) is 10.9 Å². The minimum Gasteiger partial charge on any atom is -0.454 e. The number of likely N-dealkylation sites (tertiary alicyclic amines) is 1. The smallest absolute Gasteiger partial charge is 0.340 e. The second-order valence-electron chi connectivity index (χ2n) is 6.64. The lowest BCUT2D eigenvalue weighted by Gasteiger charge is -2.29. The summed E-state index contributed by atoms with van der Waals surface area (Å²) < 4.78 is 5.66. The van der Waals surface area contributed by atoms with Crippen molar-refractivity contribution in [3.05, 3.63) is 60.2 Å². The Labute approximate surface area is 164 Å². The predicted molar refractivity (Wildman–Crippen MR) is 105 cm³/mol. The first kappa shape index (κ1) is 19.8. The molecule has 2 aromatic heterocycles. The molecule has 3 heterocycles. The second kappa shape index (κ2) is 10.4. The van der Waals surface area contributed by atoms with Gasteiger partial charge in [-0.05, 0) is 50.2 Å². The van der Waals surface area contributed by atoms with Crippen molar-refractivity contribution in [1.29, 1.82) is 0 Å². The lowest BCUT2D eigenvalue weighted by atomic mass is 10.1. The Hall–Kier alpha value is -3.00. The van der Waals surface area contributed by atoms with Crippen LogP contribution in [0, 0.1) is 0 Å². The maximum atomic E-state index is 12.4. The van der Waals surface area contributed by atoms with Gasteiger partial charge in [0.15, 0.2) is 18.5 Å². The highest BCUT2D eigenvalue weighted by Crippen LogP contribution is 2.12. The lowest BCUT2D eigenvalue weighted by Crippen LogP contribution is -2.40. The van der Waals surface area contributed by atoms with Crippen molar-refractivity contribution in [2.45, 2.75) is 25.4 Å². The van der Waals surface area contributed by atoms with Gasteiger partial charge in [-0.25, -0.2) is 4.79 Å². The van der Waals surface area contributed by atoms with Gasteiger partial charge in [0.2, 0.25) is 0 Å². The number of carbonyl (C=O) groups excluding carboxylic acids is 1. The van der Waals surface area contributed by atoms with Crippen LogP contribution in [0.2, 0.25) is 0 Å². The van der Waals surface area contributed by atoms with Crippen molar-refractivity contribution < 1.29 is 14.4 Å². The number of nitrogens with two attached hydrogens (primary N) is 1. The molecule has 1 atom stereocenters. The first-order valence-electron chi connectivity index (χ1n) is 9.41. The molecule has 0 aromatic carbocycles. The largest absolute Gasteiger partial charge is 0.454 e. The van der Waals surface area contributed by atoms with Crippen LogP contribution in [0.25, 0.3) is 0 Å². The number of carbonyl (C=O) groups is 1. The van der Waals surface area contributed by atoms with E-state index in [9.17, 15) is 4.79 Å². The Balaban J connectivity index is 1.61. The number of esters is 1. The number of aromatic nitrogens is 2. The minimum absolute atomic E-state index is 0.115. The fraction of sp³-hybridized carbons (Fsp3) is 0.400. The summed E-state index contributed by atoms with van der Waals surface area (Å²) in [6.45, 7) is 2.68. The number of hydrogen-bond donors (Lipinski definition) is 1. The van der Waals surface area contributed by atoms with Crippen molar-refractivity contribution >= 4 is 11.8 Å². The molecule has 148 valence electrons. The van der Waals surface area contributed by atoms with Gasteiger partial charge < -0.3 is 15.3 Å². The van der Waals surface area contributed by atoms with E-state index in [-0.39, 0.29) is 12.4 Å². The topological polar surface area (TPSA) is 103 Å². The van der Waals surface area contributed by atoms with Crippen LogP contribution in [0.1, 0.15) is 35.2 Å². The van der Waals surface area contributed by atoms with E-state index in [2.05, 4.69) is 20.0 Å². The van der Waals surface area contributed by atoms with Gasteiger partial charge in [-0.3, -0.25) is 14.9 Å². The maximum absolute atomic E-state index is 12.4. The molecule has 0 saturated carbocycles. The highest BCUT2D eigenvalue weighted by atomic mass is 16.6. The summed E-state index contributed by atoms with van der Waals surface area (Å²) in [5, 5.41) is 3.94.